The van der Waals surface area contributed by atoms with Gasteiger partial charge in [0.1, 0.15) is 9.81 Å². The Morgan fingerprint density at radius 3 is 2.36 bits per heavy atom. The number of methoxy groups -OCH3 is 2. The third-order valence-electron chi connectivity index (χ3n) is 8.52. The van der Waals surface area contributed by atoms with Gasteiger partial charge < -0.3 is 28.9 Å². The summed E-state index contributed by atoms with van der Waals surface area (Å²) in [6.45, 7) is 8.55. The zero-order valence-corrected chi connectivity index (χ0v) is 29.5. The highest BCUT2D eigenvalue weighted by Gasteiger charge is 2.37. The van der Waals surface area contributed by atoms with Gasteiger partial charge in [0.25, 0.3) is 15.9 Å². The number of piperazine rings is 1. The molecule has 5 rings (SSSR count). The number of rotatable bonds is 11. The number of anilines is 1. The van der Waals surface area contributed by atoms with Crippen LogP contribution in [0.5, 0.6) is 11.5 Å². The van der Waals surface area contributed by atoms with E-state index in [2.05, 4.69) is 4.90 Å². The number of carbonyl (C=O) groups is 2. The molecule has 0 radical (unpaired) electrons. The number of amides is 2. The van der Waals surface area contributed by atoms with Crippen molar-refractivity contribution in [1.82, 2.24) is 14.1 Å². The maximum atomic E-state index is 14.1. The van der Waals surface area contributed by atoms with E-state index in [1.54, 1.807) is 43.7 Å². The number of hydrogen-bond acceptors (Lipinski definition) is 9. The molecule has 47 heavy (non-hydrogen) atoms. The standard InChI is InChI=1S/C34H44N4O7S2/c1-34(2,3)45-33(40)37-19-17-36(18-20-37)28-11-7-10-25-26(28)23-38(32(25)39)27(24-14-15-29(43-5)30(22-24)44-6)12-8-16-35(4)47(41,42)31-13-9-21-46-31/h7,9-11,13-15,21-22,27H,8,12,16-20,23H2,1-6H3/t27-/m1/s1. The van der Waals surface area contributed by atoms with Crippen LogP contribution in [0.15, 0.2) is 58.1 Å². The maximum Gasteiger partial charge on any atom is 0.410 e. The molecule has 3 aromatic rings. The second-order valence-electron chi connectivity index (χ2n) is 12.7. The van der Waals surface area contributed by atoms with E-state index in [1.807, 2.05) is 62.1 Å². The Kier molecular flexibility index (Phi) is 10.4. The lowest BCUT2D eigenvalue weighted by Gasteiger charge is -2.37. The molecule has 3 heterocycles. The van der Waals surface area contributed by atoms with Crippen molar-refractivity contribution < 1.29 is 32.2 Å². The summed E-state index contributed by atoms with van der Waals surface area (Å²) in [6.07, 6.45) is 0.742. The molecule has 0 saturated carbocycles. The SMILES string of the molecule is COc1ccc([C@@H](CCCN(C)S(=O)(=O)c2cccs2)N2Cc3c(cccc3N3CCN(C(=O)OC(C)(C)C)CC3)C2=O)cc1OC. The Hall–Kier alpha value is -3.81. The van der Waals surface area contributed by atoms with Crippen molar-refractivity contribution in [2.75, 3.05) is 58.9 Å². The smallest absolute Gasteiger partial charge is 0.410 e. The number of sulfonamides is 1. The molecule has 0 aliphatic carbocycles. The number of hydrogen-bond donors (Lipinski definition) is 0. The van der Waals surface area contributed by atoms with Crippen LogP contribution < -0.4 is 14.4 Å². The predicted octanol–water partition coefficient (Wildman–Crippen LogP) is 5.62. The highest BCUT2D eigenvalue weighted by atomic mass is 32.2. The van der Waals surface area contributed by atoms with Crippen molar-refractivity contribution >= 4 is 39.0 Å². The van der Waals surface area contributed by atoms with Gasteiger partial charge in [-0.25, -0.2) is 17.5 Å². The Labute approximate surface area is 281 Å². The Morgan fingerprint density at radius 1 is 1.00 bits per heavy atom. The zero-order chi connectivity index (χ0) is 33.9. The highest BCUT2D eigenvalue weighted by Crippen LogP contribution is 2.40. The molecule has 1 atom stereocenters. The molecule has 2 amide bonds. The summed E-state index contributed by atoms with van der Waals surface area (Å²) >= 11 is 1.19. The quantitative estimate of drug-likeness (QED) is 0.256. The summed E-state index contributed by atoms with van der Waals surface area (Å²) in [4.78, 5) is 32.6. The summed E-state index contributed by atoms with van der Waals surface area (Å²) < 4.78 is 44.4. The van der Waals surface area contributed by atoms with Crippen LogP contribution in [0.2, 0.25) is 0 Å². The van der Waals surface area contributed by atoms with E-state index in [1.165, 1.54) is 15.6 Å². The van der Waals surface area contributed by atoms with Crippen LogP contribution in [0.25, 0.3) is 0 Å². The van der Waals surface area contributed by atoms with Gasteiger partial charge in [-0.3, -0.25) is 4.79 Å². The molecular formula is C34H44N4O7S2. The largest absolute Gasteiger partial charge is 0.493 e. The van der Waals surface area contributed by atoms with Gasteiger partial charge in [-0.1, -0.05) is 18.2 Å². The van der Waals surface area contributed by atoms with Crippen LogP contribution in [0.3, 0.4) is 0 Å². The maximum absolute atomic E-state index is 14.1. The van der Waals surface area contributed by atoms with E-state index in [-0.39, 0.29) is 18.0 Å². The van der Waals surface area contributed by atoms with Crippen molar-refractivity contribution in [1.29, 1.82) is 0 Å². The number of thiophene rings is 1. The molecule has 2 aromatic carbocycles. The van der Waals surface area contributed by atoms with E-state index in [9.17, 15) is 18.0 Å². The van der Waals surface area contributed by atoms with Crippen LogP contribution >= 0.6 is 11.3 Å². The van der Waals surface area contributed by atoms with Crippen LogP contribution in [0.1, 0.15) is 61.1 Å². The van der Waals surface area contributed by atoms with Gasteiger partial charge in [0.2, 0.25) is 0 Å². The molecule has 2 aliphatic rings. The van der Waals surface area contributed by atoms with Crippen molar-refractivity contribution in [2.24, 2.45) is 0 Å². The zero-order valence-electron chi connectivity index (χ0n) is 27.9. The molecule has 0 N–H and O–H groups in total. The molecule has 254 valence electrons. The summed E-state index contributed by atoms with van der Waals surface area (Å²) in [5.74, 6) is 1.06. The Bertz CT molecular complexity index is 1680. The average molecular weight is 685 g/mol. The second-order valence-corrected chi connectivity index (χ2v) is 15.9. The fourth-order valence-corrected chi connectivity index (χ4v) is 8.51. The number of ether oxygens (including phenoxy) is 3. The van der Waals surface area contributed by atoms with Gasteiger partial charge >= 0.3 is 6.09 Å². The molecule has 1 saturated heterocycles. The molecule has 1 aromatic heterocycles. The predicted molar refractivity (Wildman–Crippen MR) is 182 cm³/mol. The third-order valence-corrected chi connectivity index (χ3v) is 11.8. The second kappa shape index (κ2) is 14.1. The van der Waals surface area contributed by atoms with Gasteiger partial charge in [-0.05, 0) is 74.9 Å². The average Bonchev–Trinajstić information content (AvgIpc) is 3.71. The molecule has 1 fully saturated rings. The van der Waals surface area contributed by atoms with E-state index in [4.69, 9.17) is 14.2 Å². The van der Waals surface area contributed by atoms with Crippen molar-refractivity contribution in [3.05, 3.63) is 70.6 Å². The third kappa shape index (κ3) is 7.52. The topological polar surface area (TPSA) is 109 Å². The van der Waals surface area contributed by atoms with Crippen molar-refractivity contribution in [3.8, 4) is 11.5 Å². The summed E-state index contributed by atoms with van der Waals surface area (Å²) in [5.41, 5.74) is 2.90. The molecule has 0 spiro atoms. The highest BCUT2D eigenvalue weighted by molar-refractivity contribution is 7.91. The lowest BCUT2D eigenvalue weighted by Crippen LogP contribution is -2.50. The molecular weight excluding hydrogens is 641 g/mol. The van der Waals surface area contributed by atoms with Gasteiger partial charge in [-0.15, -0.1) is 11.3 Å². The first kappa shape index (κ1) is 34.5. The van der Waals surface area contributed by atoms with Gasteiger partial charge in [0.15, 0.2) is 11.5 Å². The Balaban J connectivity index is 1.36. The van der Waals surface area contributed by atoms with E-state index >= 15 is 0 Å². The lowest BCUT2D eigenvalue weighted by atomic mass is 9.99. The summed E-state index contributed by atoms with van der Waals surface area (Å²) in [6, 6.07) is 14.5. The number of benzene rings is 2. The van der Waals surface area contributed by atoms with Crippen LogP contribution in [0.4, 0.5) is 10.5 Å². The van der Waals surface area contributed by atoms with Crippen LogP contribution in [0, 0.1) is 0 Å². The minimum atomic E-state index is -3.59. The fraction of sp³-hybridized carbons (Fsp3) is 0.471. The van der Waals surface area contributed by atoms with Crippen LogP contribution in [-0.4, -0.2) is 94.1 Å². The summed E-state index contributed by atoms with van der Waals surface area (Å²) in [5, 5.41) is 1.75. The van der Waals surface area contributed by atoms with Gasteiger partial charge in [-0.2, -0.15) is 0 Å². The minimum Gasteiger partial charge on any atom is -0.493 e. The van der Waals surface area contributed by atoms with Crippen molar-refractivity contribution in [3.63, 3.8) is 0 Å². The molecule has 0 unspecified atom stereocenters. The fourth-order valence-electron chi connectivity index (χ4n) is 6.10. The first-order valence-corrected chi connectivity index (χ1v) is 18.0. The monoisotopic (exact) mass is 684 g/mol. The van der Waals surface area contributed by atoms with E-state index in [0.29, 0.717) is 73.4 Å². The molecule has 0 bridgehead atoms. The van der Waals surface area contributed by atoms with Crippen LogP contribution in [-0.2, 0) is 21.3 Å². The Morgan fingerprint density at radius 2 is 1.72 bits per heavy atom. The van der Waals surface area contributed by atoms with Crippen molar-refractivity contribution in [2.45, 2.75) is 56.0 Å². The van der Waals surface area contributed by atoms with E-state index < -0.39 is 15.6 Å². The number of fused-ring (bicyclic) bond motifs is 1. The van der Waals surface area contributed by atoms with Gasteiger partial charge in [0, 0.05) is 63.1 Å². The minimum absolute atomic E-state index is 0.0754. The molecule has 13 heteroatoms. The van der Waals surface area contributed by atoms with E-state index in [0.717, 1.165) is 16.8 Å². The summed E-state index contributed by atoms with van der Waals surface area (Å²) in [7, 11) is 1.15. The van der Waals surface area contributed by atoms with Gasteiger partial charge in [0.05, 0.1) is 20.3 Å². The number of nitrogens with zero attached hydrogens (tertiary/aromatic N) is 4. The molecule has 11 nitrogen and oxygen atoms in total. The first-order valence-electron chi connectivity index (χ1n) is 15.7. The number of carbonyl (C=O) groups excluding carboxylic acids is 2. The molecule has 2 aliphatic heterocycles. The normalized spacial score (nSPS) is 16.0. The first-order chi connectivity index (χ1) is 22.3. The lowest BCUT2D eigenvalue weighted by molar-refractivity contribution is 0.0240.